The van der Waals surface area contributed by atoms with Crippen molar-refractivity contribution in [1.82, 2.24) is 19.3 Å². The van der Waals surface area contributed by atoms with Crippen molar-refractivity contribution in [3.05, 3.63) is 62.4 Å². The van der Waals surface area contributed by atoms with E-state index in [4.69, 9.17) is 11.6 Å². The first-order valence-electron chi connectivity index (χ1n) is 8.48. The summed E-state index contributed by atoms with van der Waals surface area (Å²) in [6.45, 7) is 1.40. The standard InChI is InChI=1S/C17H16ClN5O4S/c18-13-2-1-5-19-15(13)22-6-8-23(9-7-22)28(26,27)11-3-4-14-12(10-11)16(24)21-17(25)20-14/h1-5,10H,6-9H2,(H2,20,21,24,25). The van der Waals surface area contributed by atoms with Gasteiger partial charge in [-0.15, -0.1) is 0 Å². The summed E-state index contributed by atoms with van der Waals surface area (Å²) < 4.78 is 27.4. The normalized spacial score (nSPS) is 15.8. The van der Waals surface area contributed by atoms with Gasteiger partial charge in [0.25, 0.3) is 5.56 Å². The zero-order chi connectivity index (χ0) is 19.9. The van der Waals surface area contributed by atoms with Crippen LogP contribution in [0, 0.1) is 0 Å². The molecular formula is C17H16ClN5O4S. The molecule has 0 amide bonds. The predicted molar refractivity (Wildman–Crippen MR) is 105 cm³/mol. The Hall–Kier alpha value is -2.69. The lowest BCUT2D eigenvalue weighted by molar-refractivity contribution is 0.384. The number of fused-ring (bicyclic) bond motifs is 1. The monoisotopic (exact) mass is 421 g/mol. The Balaban J connectivity index is 1.60. The molecule has 11 heteroatoms. The molecule has 3 heterocycles. The first-order chi connectivity index (χ1) is 13.4. The molecule has 2 N–H and O–H groups in total. The van der Waals surface area contributed by atoms with Gasteiger partial charge in [0, 0.05) is 32.4 Å². The highest BCUT2D eigenvalue weighted by atomic mass is 35.5. The summed E-state index contributed by atoms with van der Waals surface area (Å²) in [6, 6.07) is 7.56. The number of piperazine rings is 1. The number of halogens is 1. The Bertz CT molecular complexity index is 1260. The van der Waals surface area contributed by atoms with E-state index < -0.39 is 21.3 Å². The van der Waals surface area contributed by atoms with Crippen LogP contribution in [0.3, 0.4) is 0 Å². The molecule has 0 radical (unpaired) electrons. The molecule has 0 atom stereocenters. The molecule has 3 aromatic rings. The van der Waals surface area contributed by atoms with E-state index in [9.17, 15) is 18.0 Å². The summed E-state index contributed by atoms with van der Waals surface area (Å²) in [6.07, 6.45) is 1.64. The van der Waals surface area contributed by atoms with Crippen LogP contribution >= 0.6 is 11.6 Å². The highest BCUT2D eigenvalue weighted by molar-refractivity contribution is 7.89. The third-order valence-corrected chi connectivity index (χ3v) is 6.82. The first kappa shape index (κ1) is 18.7. The zero-order valence-corrected chi connectivity index (χ0v) is 16.1. The number of nitrogens with zero attached hydrogens (tertiary/aromatic N) is 3. The Kier molecular flexibility index (Phi) is 4.69. The SMILES string of the molecule is O=c1[nH]c(=O)c2cc(S(=O)(=O)N3CCN(c4ncccc4Cl)CC3)ccc2[nH]1. The number of anilines is 1. The van der Waals surface area contributed by atoms with Crippen LogP contribution in [0.5, 0.6) is 0 Å². The molecule has 0 bridgehead atoms. The lowest BCUT2D eigenvalue weighted by atomic mass is 10.2. The summed E-state index contributed by atoms with van der Waals surface area (Å²) in [5, 5.41) is 0.626. The Morgan fingerprint density at radius 3 is 2.50 bits per heavy atom. The van der Waals surface area contributed by atoms with Crippen molar-refractivity contribution in [2.75, 3.05) is 31.1 Å². The minimum atomic E-state index is -3.79. The van der Waals surface area contributed by atoms with E-state index in [0.29, 0.717) is 23.9 Å². The van der Waals surface area contributed by atoms with Gasteiger partial charge in [-0.3, -0.25) is 9.78 Å². The molecule has 4 rings (SSSR count). The van der Waals surface area contributed by atoms with Crippen molar-refractivity contribution in [1.29, 1.82) is 0 Å². The lowest BCUT2D eigenvalue weighted by Crippen LogP contribution is -2.49. The van der Waals surface area contributed by atoms with Gasteiger partial charge in [-0.1, -0.05) is 11.6 Å². The van der Waals surface area contributed by atoms with Crippen molar-refractivity contribution in [3.63, 3.8) is 0 Å². The van der Waals surface area contributed by atoms with Gasteiger partial charge >= 0.3 is 5.69 Å². The molecule has 28 heavy (non-hydrogen) atoms. The topological polar surface area (TPSA) is 119 Å². The van der Waals surface area contributed by atoms with Gasteiger partial charge in [0.05, 0.1) is 20.8 Å². The molecule has 0 aliphatic carbocycles. The number of nitrogens with one attached hydrogen (secondary N) is 2. The fraction of sp³-hybridized carbons (Fsp3) is 0.235. The van der Waals surface area contributed by atoms with Crippen LogP contribution < -0.4 is 16.1 Å². The second kappa shape index (κ2) is 7.04. The van der Waals surface area contributed by atoms with Crippen LogP contribution in [0.25, 0.3) is 10.9 Å². The minimum absolute atomic E-state index is 0.00173. The quantitative estimate of drug-likeness (QED) is 0.644. The van der Waals surface area contributed by atoms with Crippen LogP contribution in [0.15, 0.2) is 51.0 Å². The molecule has 1 aromatic carbocycles. The third kappa shape index (κ3) is 3.30. The van der Waals surface area contributed by atoms with E-state index >= 15 is 0 Å². The van der Waals surface area contributed by atoms with Gasteiger partial charge in [-0.2, -0.15) is 4.31 Å². The Morgan fingerprint density at radius 1 is 1.04 bits per heavy atom. The van der Waals surface area contributed by atoms with Crippen molar-refractivity contribution < 1.29 is 8.42 Å². The molecule has 0 saturated carbocycles. The summed E-state index contributed by atoms with van der Waals surface area (Å²) >= 11 is 6.17. The highest BCUT2D eigenvalue weighted by Gasteiger charge is 2.29. The van der Waals surface area contributed by atoms with Gasteiger partial charge < -0.3 is 9.88 Å². The van der Waals surface area contributed by atoms with Gasteiger partial charge in [0.15, 0.2) is 0 Å². The molecule has 146 valence electrons. The van der Waals surface area contributed by atoms with Gasteiger partial charge in [0.2, 0.25) is 10.0 Å². The number of benzene rings is 1. The predicted octanol–water partition coefficient (Wildman–Crippen LogP) is 0.776. The molecule has 0 spiro atoms. The second-order valence-electron chi connectivity index (χ2n) is 6.32. The molecule has 9 nitrogen and oxygen atoms in total. The maximum atomic E-state index is 13.0. The number of hydrogen-bond donors (Lipinski definition) is 2. The number of H-pyrrole nitrogens is 2. The van der Waals surface area contributed by atoms with Crippen LogP contribution in [0.4, 0.5) is 5.82 Å². The fourth-order valence-corrected chi connectivity index (χ4v) is 4.89. The average molecular weight is 422 g/mol. The van der Waals surface area contributed by atoms with E-state index in [-0.39, 0.29) is 28.9 Å². The largest absolute Gasteiger partial charge is 0.353 e. The molecule has 1 saturated heterocycles. The van der Waals surface area contributed by atoms with E-state index in [1.54, 1.807) is 18.3 Å². The Labute approximate surface area is 164 Å². The highest BCUT2D eigenvalue weighted by Crippen LogP contribution is 2.25. The average Bonchev–Trinajstić information content (AvgIpc) is 2.68. The number of rotatable bonds is 3. The van der Waals surface area contributed by atoms with Gasteiger partial charge in [-0.25, -0.2) is 18.2 Å². The molecular weight excluding hydrogens is 406 g/mol. The van der Waals surface area contributed by atoms with Crippen molar-refractivity contribution >= 4 is 38.3 Å². The molecule has 1 fully saturated rings. The number of aromatic nitrogens is 3. The van der Waals surface area contributed by atoms with E-state index in [1.807, 2.05) is 4.90 Å². The minimum Gasteiger partial charge on any atom is -0.353 e. The Morgan fingerprint density at radius 2 is 1.79 bits per heavy atom. The van der Waals surface area contributed by atoms with Crippen LogP contribution in [-0.4, -0.2) is 53.9 Å². The first-order valence-corrected chi connectivity index (χ1v) is 10.3. The van der Waals surface area contributed by atoms with Crippen molar-refractivity contribution in [2.45, 2.75) is 4.90 Å². The molecule has 0 unspecified atom stereocenters. The molecule has 2 aromatic heterocycles. The molecule has 1 aliphatic heterocycles. The van der Waals surface area contributed by atoms with Crippen LogP contribution in [0.1, 0.15) is 0 Å². The number of hydrogen-bond acceptors (Lipinski definition) is 6. The van der Waals surface area contributed by atoms with Crippen molar-refractivity contribution in [2.24, 2.45) is 0 Å². The van der Waals surface area contributed by atoms with E-state index in [1.165, 1.54) is 22.5 Å². The van der Waals surface area contributed by atoms with Crippen LogP contribution in [0.2, 0.25) is 5.02 Å². The number of sulfonamides is 1. The lowest BCUT2D eigenvalue weighted by Gasteiger charge is -2.35. The molecule has 1 aliphatic rings. The van der Waals surface area contributed by atoms with Crippen molar-refractivity contribution in [3.8, 4) is 0 Å². The van der Waals surface area contributed by atoms with Gasteiger partial charge in [0.1, 0.15) is 5.82 Å². The summed E-state index contributed by atoms with van der Waals surface area (Å²) in [5.74, 6) is 0.627. The van der Waals surface area contributed by atoms with E-state index in [2.05, 4.69) is 15.0 Å². The smallest absolute Gasteiger partial charge is 0.326 e. The maximum absolute atomic E-state index is 13.0. The number of pyridine rings is 1. The van der Waals surface area contributed by atoms with Gasteiger partial charge in [-0.05, 0) is 30.3 Å². The third-order valence-electron chi connectivity index (χ3n) is 4.63. The summed E-state index contributed by atoms with van der Waals surface area (Å²) in [7, 11) is -3.79. The fourth-order valence-electron chi connectivity index (χ4n) is 3.20. The summed E-state index contributed by atoms with van der Waals surface area (Å²) in [4.78, 5) is 34.1. The second-order valence-corrected chi connectivity index (χ2v) is 8.66. The van der Waals surface area contributed by atoms with Crippen LogP contribution in [-0.2, 0) is 10.0 Å². The zero-order valence-electron chi connectivity index (χ0n) is 14.6. The number of aromatic amines is 2. The summed E-state index contributed by atoms with van der Waals surface area (Å²) in [5.41, 5.74) is -0.995. The maximum Gasteiger partial charge on any atom is 0.326 e. The van der Waals surface area contributed by atoms with E-state index in [0.717, 1.165) is 0 Å².